The van der Waals surface area contributed by atoms with Gasteiger partial charge in [0, 0.05) is 19.5 Å². The van der Waals surface area contributed by atoms with Gasteiger partial charge in [0.2, 0.25) is 5.91 Å². The lowest BCUT2D eigenvalue weighted by Gasteiger charge is -2.34. The van der Waals surface area contributed by atoms with Crippen LogP contribution in [-0.2, 0) is 4.79 Å². The van der Waals surface area contributed by atoms with Gasteiger partial charge >= 0.3 is 0 Å². The minimum Gasteiger partial charge on any atom is -0.343 e. The standard InChI is InChI=1S/C8H15NOS/c1-9(7-3-2-4-7)8(10)5-6-11/h7,11H,2-6H2,1H3. The lowest BCUT2D eigenvalue weighted by molar-refractivity contribution is -0.132. The summed E-state index contributed by atoms with van der Waals surface area (Å²) in [7, 11) is 1.90. The van der Waals surface area contributed by atoms with Gasteiger partial charge in [0.05, 0.1) is 0 Å². The van der Waals surface area contributed by atoms with Crippen LogP contribution in [0, 0.1) is 0 Å². The highest BCUT2D eigenvalue weighted by molar-refractivity contribution is 7.80. The van der Waals surface area contributed by atoms with Crippen molar-refractivity contribution in [2.24, 2.45) is 0 Å². The molecular formula is C8H15NOS. The molecule has 0 atom stereocenters. The molecule has 1 fully saturated rings. The fourth-order valence-electron chi connectivity index (χ4n) is 1.25. The van der Waals surface area contributed by atoms with Crippen molar-refractivity contribution in [2.75, 3.05) is 12.8 Å². The monoisotopic (exact) mass is 173 g/mol. The first-order valence-electron chi connectivity index (χ1n) is 4.12. The maximum absolute atomic E-state index is 11.3. The molecule has 3 heteroatoms. The third kappa shape index (κ3) is 2.12. The van der Waals surface area contributed by atoms with Gasteiger partial charge in [-0.1, -0.05) is 0 Å². The van der Waals surface area contributed by atoms with Crippen molar-refractivity contribution in [3.63, 3.8) is 0 Å². The second kappa shape index (κ2) is 4.00. The Labute approximate surface area is 73.4 Å². The van der Waals surface area contributed by atoms with E-state index in [0.717, 1.165) is 0 Å². The molecule has 1 aliphatic carbocycles. The smallest absolute Gasteiger partial charge is 0.223 e. The fraction of sp³-hybridized carbons (Fsp3) is 0.875. The third-order valence-corrected chi connectivity index (χ3v) is 2.57. The van der Waals surface area contributed by atoms with E-state index in [1.54, 1.807) is 0 Å². The molecule has 0 unspecified atom stereocenters. The van der Waals surface area contributed by atoms with Crippen LogP contribution >= 0.6 is 12.6 Å². The normalized spacial score (nSPS) is 17.6. The van der Waals surface area contributed by atoms with E-state index in [1.807, 2.05) is 11.9 Å². The second-order valence-corrected chi connectivity index (χ2v) is 3.51. The Bertz CT molecular complexity index is 145. The Hall–Kier alpha value is -0.180. The van der Waals surface area contributed by atoms with E-state index < -0.39 is 0 Å². The molecule has 0 heterocycles. The molecule has 1 saturated carbocycles. The quantitative estimate of drug-likeness (QED) is 0.638. The van der Waals surface area contributed by atoms with Crippen molar-refractivity contribution < 1.29 is 4.79 Å². The Morgan fingerprint density at radius 1 is 1.64 bits per heavy atom. The predicted molar refractivity (Wildman–Crippen MR) is 48.9 cm³/mol. The summed E-state index contributed by atoms with van der Waals surface area (Å²) in [5.74, 6) is 0.903. The SMILES string of the molecule is CN(C(=O)CCS)C1CCC1. The van der Waals surface area contributed by atoms with Gasteiger partial charge in [-0.25, -0.2) is 0 Å². The lowest BCUT2D eigenvalue weighted by atomic mass is 9.92. The van der Waals surface area contributed by atoms with Crippen molar-refractivity contribution in [2.45, 2.75) is 31.7 Å². The summed E-state index contributed by atoms with van der Waals surface area (Å²) < 4.78 is 0. The maximum atomic E-state index is 11.3. The van der Waals surface area contributed by atoms with Crippen LogP contribution in [0.5, 0.6) is 0 Å². The van der Waals surface area contributed by atoms with E-state index >= 15 is 0 Å². The molecule has 0 aromatic carbocycles. The zero-order valence-corrected chi connectivity index (χ0v) is 7.81. The summed E-state index contributed by atoms with van der Waals surface area (Å²) >= 11 is 4.02. The van der Waals surface area contributed by atoms with Crippen LogP contribution in [0.3, 0.4) is 0 Å². The Morgan fingerprint density at radius 2 is 2.27 bits per heavy atom. The van der Waals surface area contributed by atoms with E-state index in [1.165, 1.54) is 19.3 Å². The first-order chi connectivity index (χ1) is 5.25. The van der Waals surface area contributed by atoms with Gasteiger partial charge in [-0.2, -0.15) is 12.6 Å². The van der Waals surface area contributed by atoms with Gasteiger partial charge in [0.15, 0.2) is 0 Å². The van der Waals surface area contributed by atoms with Gasteiger partial charge in [-0.15, -0.1) is 0 Å². The van der Waals surface area contributed by atoms with E-state index in [0.29, 0.717) is 18.2 Å². The average molecular weight is 173 g/mol. The Kier molecular flexibility index (Phi) is 3.24. The molecule has 0 N–H and O–H groups in total. The zero-order chi connectivity index (χ0) is 8.27. The number of thiol groups is 1. The molecule has 2 nitrogen and oxygen atoms in total. The van der Waals surface area contributed by atoms with Gasteiger partial charge in [0.25, 0.3) is 0 Å². The summed E-state index contributed by atoms with van der Waals surface area (Å²) in [5, 5.41) is 0. The van der Waals surface area contributed by atoms with Crippen LogP contribution < -0.4 is 0 Å². The number of rotatable bonds is 3. The molecule has 0 aliphatic heterocycles. The van der Waals surface area contributed by atoms with Gasteiger partial charge in [-0.05, 0) is 25.0 Å². The minimum absolute atomic E-state index is 0.240. The number of hydrogen-bond acceptors (Lipinski definition) is 2. The number of amides is 1. The van der Waals surface area contributed by atoms with Gasteiger partial charge in [0.1, 0.15) is 0 Å². The van der Waals surface area contributed by atoms with E-state index in [9.17, 15) is 4.79 Å². The van der Waals surface area contributed by atoms with Gasteiger partial charge in [-0.3, -0.25) is 4.79 Å². The van der Waals surface area contributed by atoms with Crippen molar-refractivity contribution in [3.05, 3.63) is 0 Å². The maximum Gasteiger partial charge on any atom is 0.223 e. The lowest BCUT2D eigenvalue weighted by Crippen LogP contribution is -2.41. The predicted octanol–water partition coefficient (Wildman–Crippen LogP) is 1.32. The highest BCUT2D eigenvalue weighted by atomic mass is 32.1. The second-order valence-electron chi connectivity index (χ2n) is 3.06. The van der Waals surface area contributed by atoms with E-state index in [2.05, 4.69) is 12.6 Å². The van der Waals surface area contributed by atoms with E-state index in [4.69, 9.17) is 0 Å². The van der Waals surface area contributed by atoms with Crippen LogP contribution in [-0.4, -0.2) is 29.6 Å². The highest BCUT2D eigenvalue weighted by Crippen LogP contribution is 2.23. The molecule has 1 amide bonds. The summed E-state index contributed by atoms with van der Waals surface area (Å²) in [6, 6.07) is 0.530. The zero-order valence-electron chi connectivity index (χ0n) is 6.92. The summed E-state index contributed by atoms with van der Waals surface area (Å²) in [4.78, 5) is 13.1. The van der Waals surface area contributed by atoms with E-state index in [-0.39, 0.29) is 5.91 Å². The first-order valence-corrected chi connectivity index (χ1v) is 4.75. The number of nitrogens with zero attached hydrogens (tertiary/aromatic N) is 1. The largest absolute Gasteiger partial charge is 0.343 e. The van der Waals surface area contributed by atoms with Crippen molar-refractivity contribution >= 4 is 18.5 Å². The van der Waals surface area contributed by atoms with Gasteiger partial charge < -0.3 is 4.90 Å². The van der Waals surface area contributed by atoms with Crippen LogP contribution in [0.1, 0.15) is 25.7 Å². The molecule has 0 saturated heterocycles. The number of carbonyl (C=O) groups excluding carboxylic acids is 1. The molecule has 1 aliphatic rings. The summed E-state index contributed by atoms with van der Waals surface area (Å²) in [6.45, 7) is 0. The molecule has 0 spiro atoms. The van der Waals surface area contributed by atoms with Crippen LogP contribution in [0.2, 0.25) is 0 Å². The molecule has 64 valence electrons. The topological polar surface area (TPSA) is 20.3 Å². The minimum atomic E-state index is 0.240. The molecule has 0 aromatic rings. The molecule has 0 aromatic heterocycles. The van der Waals surface area contributed by atoms with Crippen LogP contribution in [0.15, 0.2) is 0 Å². The number of hydrogen-bond donors (Lipinski definition) is 1. The van der Waals surface area contributed by atoms with Crippen molar-refractivity contribution in [3.8, 4) is 0 Å². The third-order valence-electron chi connectivity index (χ3n) is 2.34. The molecular weight excluding hydrogens is 158 g/mol. The average Bonchev–Trinajstić information content (AvgIpc) is 1.84. The van der Waals surface area contributed by atoms with Crippen molar-refractivity contribution in [1.82, 2.24) is 4.90 Å². The van der Waals surface area contributed by atoms with Crippen LogP contribution in [0.25, 0.3) is 0 Å². The number of carbonyl (C=O) groups is 1. The Balaban J connectivity index is 2.27. The Morgan fingerprint density at radius 3 is 2.64 bits per heavy atom. The first kappa shape index (κ1) is 8.91. The van der Waals surface area contributed by atoms with Crippen molar-refractivity contribution in [1.29, 1.82) is 0 Å². The molecule has 11 heavy (non-hydrogen) atoms. The highest BCUT2D eigenvalue weighted by Gasteiger charge is 2.24. The summed E-state index contributed by atoms with van der Waals surface area (Å²) in [5.41, 5.74) is 0. The fourth-order valence-corrected chi connectivity index (χ4v) is 1.44. The molecule has 0 bridgehead atoms. The molecule has 0 radical (unpaired) electrons. The summed E-state index contributed by atoms with van der Waals surface area (Å²) in [6.07, 6.45) is 4.24. The van der Waals surface area contributed by atoms with Crippen LogP contribution in [0.4, 0.5) is 0 Å². The molecule has 1 rings (SSSR count).